The SMILES string of the molecule is CCCCCCOc1c2n(ccc1=O)N(Cc1ccccc1)[C@@H]1COCCN1C2=O. The predicted octanol–water partition coefficient (Wildman–Crippen LogP) is 2.76. The van der Waals surface area contributed by atoms with Crippen LogP contribution in [0.4, 0.5) is 0 Å². The summed E-state index contributed by atoms with van der Waals surface area (Å²) in [5.41, 5.74) is 1.17. The van der Waals surface area contributed by atoms with Crippen molar-refractivity contribution in [2.75, 3.05) is 31.4 Å². The largest absolute Gasteiger partial charge is 0.487 e. The first-order valence-electron chi connectivity index (χ1n) is 10.8. The van der Waals surface area contributed by atoms with Crippen molar-refractivity contribution in [1.82, 2.24) is 9.58 Å². The van der Waals surface area contributed by atoms with E-state index in [0.717, 1.165) is 31.2 Å². The van der Waals surface area contributed by atoms with Crippen molar-refractivity contribution in [3.8, 4) is 5.75 Å². The molecule has 160 valence electrons. The average molecular weight is 412 g/mol. The Hall–Kier alpha value is -2.80. The van der Waals surface area contributed by atoms with Gasteiger partial charge in [0.2, 0.25) is 5.43 Å². The number of ether oxygens (including phenoxy) is 2. The second-order valence-corrected chi connectivity index (χ2v) is 7.75. The van der Waals surface area contributed by atoms with E-state index < -0.39 is 0 Å². The van der Waals surface area contributed by atoms with Gasteiger partial charge in [0.25, 0.3) is 5.91 Å². The van der Waals surface area contributed by atoms with E-state index >= 15 is 0 Å². The van der Waals surface area contributed by atoms with Gasteiger partial charge in [-0.15, -0.1) is 0 Å². The van der Waals surface area contributed by atoms with Crippen LogP contribution in [0, 0.1) is 0 Å². The Morgan fingerprint density at radius 1 is 1.10 bits per heavy atom. The van der Waals surface area contributed by atoms with E-state index in [1.165, 1.54) is 6.07 Å². The van der Waals surface area contributed by atoms with Gasteiger partial charge in [0, 0.05) is 18.8 Å². The van der Waals surface area contributed by atoms with Crippen LogP contribution in [0.15, 0.2) is 47.4 Å². The van der Waals surface area contributed by atoms with Crippen LogP contribution in [0.3, 0.4) is 0 Å². The molecule has 0 N–H and O–H groups in total. The van der Waals surface area contributed by atoms with Gasteiger partial charge in [-0.25, -0.2) is 0 Å². The van der Waals surface area contributed by atoms with E-state index in [1.807, 2.05) is 18.2 Å². The van der Waals surface area contributed by atoms with Gasteiger partial charge in [-0.05, 0) is 12.0 Å². The number of carbonyl (C=O) groups excluding carboxylic acids is 1. The molecule has 7 heteroatoms. The first kappa shape index (κ1) is 20.5. The number of fused-ring (bicyclic) bond motifs is 2. The minimum atomic E-state index is -0.253. The van der Waals surface area contributed by atoms with E-state index in [2.05, 4.69) is 24.1 Å². The zero-order valence-electron chi connectivity index (χ0n) is 17.5. The summed E-state index contributed by atoms with van der Waals surface area (Å²) in [7, 11) is 0. The van der Waals surface area contributed by atoms with Crippen molar-refractivity contribution in [1.29, 1.82) is 0 Å². The van der Waals surface area contributed by atoms with E-state index in [9.17, 15) is 9.59 Å². The van der Waals surface area contributed by atoms with Gasteiger partial charge in [0.15, 0.2) is 11.4 Å². The summed E-state index contributed by atoms with van der Waals surface area (Å²) in [6.07, 6.45) is 5.63. The summed E-state index contributed by atoms with van der Waals surface area (Å²) in [5, 5.41) is 2.08. The molecule has 30 heavy (non-hydrogen) atoms. The number of benzene rings is 1. The van der Waals surface area contributed by atoms with Crippen molar-refractivity contribution in [2.24, 2.45) is 0 Å². The summed E-state index contributed by atoms with van der Waals surface area (Å²) >= 11 is 0. The maximum Gasteiger partial charge on any atom is 0.278 e. The molecule has 0 saturated carbocycles. The van der Waals surface area contributed by atoms with Crippen molar-refractivity contribution in [3.63, 3.8) is 0 Å². The Morgan fingerprint density at radius 2 is 1.93 bits per heavy atom. The fourth-order valence-corrected chi connectivity index (χ4v) is 4.07. The minimum Gasteiger partial charge on any atom is -0.487 e. The highest BCUT2D eigenvalue weighted by molar-refractivity contribution is 5.96. The van der Waals surface area contributed by atoms with E-state index in [1.54, 1.807) is 15.8 Å². The number of amides is 1. The van der Waals surface area contributed by atoms with E-state index in [-0.39, 0.29) is 23.3 Å². The molecule has 1 amide bonds. The Morgan fingerprint density at radius 3 is 2.73 bits per heavy atom. The third kappa shape index (κ3) is 4.07. The van der Waals surface area contributed by atoms with Gasteiger partial charge in [-0.2, -0.15) is 0 Å². The lowest BCUT2D eigenvalue weighted by molar-refractivity contribution is -0.0180. The molecule has 1 aromatic heterocycles. The predicted molar refractivity (Wildman–Crippen MR) is 114 cm³/mol. The normalized spacial score (nSPS) is 18.2. The Labute approximate surface area is 176 Å². The molecule has 2 aromatic rings. The number of carbonyl (C=O) groups is 1. The van der Waals surface area contributed by atoms with E-state index in [4.69, 9.17) is 9.47 Å². The fraction of sp³-hybridized carbons (Fsp3) is 0.478. The van der Waals surface area contributed by atoms with Crippen molar-refractivity contribution in [3.05, 3.63) is 64.1 Å². The molecule has 0 spiro atoms. The second-order valence-electron chi connectivity index (χ2n) is 7.75. The number of rotatable bonds is 8. The average Bonchev–Trinajstić information content (AvgIpc) is 2.78. The lowest BCUT2D eigenvalue weighted by atomic mass is 10.1. The van der Waals surface area contributed by atoms with Crippen LogP contribution >= 0.6 is 0 Å². The molecular formula is C23H29N3O4. The molecule has 0 bridgehead atoms. The van der Waals surface area contributed by atoms with Gasteiger partial charge in [-0.3, -0.25) is 19.3 Å². The second kappa shape index (κ2) is 9.34. The molecule has 3 heterocycles. The van der Waals surface area contributed by atoms with Gasteiger partial charge in [0.1, 0.15) is 6.17 Å². The third-order valence-corrected chi connectivity index (χ3v) is 5.65. The Bertz CT molecular complexity index is 928. The van der Waals surface area contributed by atoms with Crippen LogP contribution < -0.4 is 15.2 Å². The first-order valence-corrected chi connectivity index (χ1v) is 10.8. The molecule has 0 unspecified atom stereocenters. The lowest BCUT2D eigenvalue weighted by Gasteiger charge is -2.48. The summed E-state index contributed by atoms with van der Waals surface area (Å²) in [6.45, 7) is 4.59. The van der Waals surface area contributed by atoms with Crippen molar-refractivity contribution >= 4 is 5.91 Å². The van der Waals surface area contributed by atoms with Gasteiger partial charge in [-0.1, -0.05) is 56.5 Å². The molecule has 1 aromatic carbocycles. The van der Waals surface area contributed by atoms with Crippen LogP contribution in [0.5, 0.6) is 5.75 Å². The molecule has 4 rings (SSSR count). The summed E-state index contributed by atoms with van der Waals surface area (Å²) in [6, 6.07) is 11.6. The highest BCUT2D eigenvalue weighted by Gasteiger charge is 2.41. The minimum absolute atomic E-state index is 0.155. The maximum atomic E-state index is 13.4. The van der Waals surface area contributed by atoms with Crippen LogP contribution in [-0.4, -0.2) is 48.0 Å². The van der Waals surface area contributed by atoms with Gasteiger partial charge in [0.05, 0.1) is 26.4 Å². The Balaban J connectivity index is 1.69. The van der Waals surface area contributed by atoms with Crippen LogP contribution in [-0.2, 0) is 11.3 Å². The fourth-order valence-electron chi connectivity index (χ4n) is 4.07. The number of nitrogens with zero attached hydrogens (tertiary/aromatic N) is 3. The molecule has 2 aliphatic rings. The van der Waals surface area contributed by atoms with Crippen LogP contribution in [0.25, 0.3) is 0 Å². The maximum absolute atomic E-state index is 13.4. The summed E-state index contributed by atoms with van der Waals surface area (Å²) in [5.74, 6) is -0.0177. The summed E-state index contributed by atoms with van der Waals surface area (Å²) in [4.78, 5) is 27.8. The molecule has 2 aliphatic heterocycles. The molecule has 1 saturated heterocycles. The smallest absolute Gasteiger partial charge is 0.278 e. The van der Waals surface area contributed by atoms with Gasteiger partial charge >= 0.3 is 0 Å². The number of hydrogen-bond acceptors (Lipinski definition) is 5. The zero-order chi connectivity index (χ0) is 20.9. The number of hydrogen-bond donors (Lipinski definition) is 0. The third-order valence-electron chi connectivity index (χ3n) is 5.65. The molecule has 7 nitrogen and oxygen atoms in total. The number of pyridine rings is 1. The van der Waals surface area contributed by atoms with Crippen molar-refractivity contribution < 1.29 is 14.3 Å². The molecule has 0 aliphatic carbocycles. The quantitative estimate of drug-likeness (QED) is 0.625. The number of morpholine rings is 1. The number of aromatic nitrogens is 1. The lowest BCUT2D eigenvalue weighted by Crippen LogP contribution is -2.65. The van der Waals surface area contributed by atoms with Crippen LogP contribution in [0.2, 0.25) is 0 Å². The van der Waals surface area contributed by atoms with E-state index in [0.29, 0.717) is 38.6 Å². The number of unbranched alkanes of at least 4 members (excludes halogenated alkanes) is 3. The zero-order valence-corrected chi connectivity index (χ0v) is 17.5. The highest BCUT2D eigenvalue weighted by atomic mass is 16.5. The topological polar surface area (TPSA) is 64.0 Å². The molecule has 1 atom stereocenters. The molecule has 0 radical (unpaired) electrons. The molecular weight excluding hydrogens is 382 g/mol. The summed E-state index contributed by atoms with van der Waals surface area (Å²) < 4.78 is 13.4. The first-order chi connectivity index (χ1) is 14.7. The molecule has 1 fully saturated rings. The standard InChI is InChI=1S/C23H29N3O4/c1-2-3-4-8-14-30-22-19(27)11-12-25-21(22)23(28)24-13-15-29-17-20(24)26(25)16-18-9-6-5-7-10-18/h5-7,9-12,20H,2-4,8,13-17H2,1H3/t20-/m1/s1. The van der Waals surface area contributed by atoms with Crippen molar-refractivity contribution in [2.45, 2.75) is 45.3 Å². The van der Waals surface area contributed by atoms with Gasteiger partial charge < -0.3 is 14.4 Å². The van der Waals surface area contributed by atoms with Crippen LogP contribution in [0.1, 0.15) is 48.7 Å². The highest BCUT2D eigenvalue weighted by Crippen LogP contribution is 2.27. The Kier molecular flexibility index (Phi) is 6.38. The monoisotopic (exact) mass is 411 g/mol.